The van der Waals surface area contributed by atoms with Gasteiger partial charge in [-0.2, -0.15) is 4.31 Å². The molecule has 0 radical (unpaired) electrons. The zero-order valence-corrected chi connectivity index (χ0v) is 13.4. The van der Waals surface area contributed by atoms with Crippen LogP contribution in [0.2, 0.25) is 0 Å². The molecule has 0 aliphatic carbocycles. The van der Waals surface area contributed by atoms with Gasteiger partial charge in [-0.3, -0.25) is 0 Å². The molecule has 112 valence electrons. The quantitative estimate of drug-likeness (QED) is 0.860. The zero-order valence-electron chi connectivity index (χ0n) is 12.6. The molecule has 0 spiro atoms. The maximum absolute atomic E-state index is 12.7. The molecular weight excluding hydrogens is 274 g/mol. The SMILES string of the molecule is Cc1ccccc1CS(=O)(=O)N1CC(C)OCC1(C)C. The molecule has 0 N–H and O–H groups in total. The van der Waals surface area contributed by atoms with Gasteiger partial charge in [0, 0.05) is 6.54 Å². The van der Waals surface area contributed by atoms with Crippen molar-refractivity contribution >= 4 is 10.0 Å². The summed E-state index contributed by atoms with van der Waals surface area (Å²) < 4.78 is 32.7. The summed E-state index contributed by atoms with van der Waals surface area (Å²) in [6.45, 7) is 8.52. The molecule has 1 aliphatic heterocycles. The van der Waals surface area contributed by atoms with E-state index in [9.17, 15) is 8.42 Å². The third-order valence-corrected chi connectivity index (χ3v) is 5.74. The van der Waals surface area contributed by atoms with Crippen molar-refractivity contribution in [3.63, 3.8) is 0 Å². The van der Waals surface area contributed by atoms with E-state index in [0.29, 0.717) is 13.2 Å². The average molecular weight is 297 g/mol. The Labute approximate surface area is 121 Å². The molecule has 1 heterocycles. The van der Waals surface area contributed by atoms with Crippen LogP contribution >= 0.6 is 0 Å². The van der Waals surface area contributed by atoms with Crippen LogP contribution in [0.25, 0.3) is 0 Å². The highest BCUT2D eigenvalue weighted by atomic mass is 32.2. The Morgan fingerprint density at radius 2 is 2.00 bits per heavy atom. The number of hydrogen-bond acceptors (Lipinski definition) is 3. The first kappa shape index (κ1) is 15.5. The summed E-state index contributed by atoms with van der Waals surface area (Å²) in [6.07, 6.45) is -0.0605. The fourth-order valence-electron chi connectivity index (χ4n) is 2.49. The molecule has 1 unspecified atom stereocenters. The normalized spacial score (nSPS) is 23.7. The van der Waals surface area contributed by atoms with Crippen LogP contribution in [0, 0.1) is 6.92 Å². The molecule has 1 aromatic rings. The Morgan fingerprint density at radius 1 is 1.35 bits per heavy atom. The van der Waals surface area contributed by atoms with Gasteiger partial charge in [-0.15, -0.1) is 0 Å². The van der Waals surface area contributed by atoms with Crippen molar-refractivity contribution in [1.82, 2.24) is 4.31 Å². The number of benzene rings is 1. The van der Waals surface area contributed by atoms with Crippen LogP contribution in [0.5, 0.6) is 0 Å². The van der Waals surface area contributed by atoms with E-state index in [1.807, 2.05) is 52.0 Å². The Bertz CT molecular complexity index is 581. The fraction of sp³-hybridized carbons (Fsp3) is 0.600. The van der Waals surface area contributed by atoms with Crippen molar-refractivity contribution in [2.24, 2.45) is 0 Å². The molecule has 5 heteroatoms. The van der Waals surface area contributed by atoms with Gasteiger partial charge in [0.1, 0.15) is 0 Å². The molecule has 2 rings (SSSR count). The first-order valence-corrected chi connectivity index (χ1v) is 8.50. The minimum atomic E-state index is -3.35. The van der Waals surface area contributed by atoms with Gasteiger partial charge in [-0.1, -0.05) is 24.3 Å². The second kappa shape index (κ2) is 5.47. The van der Waals surface area contributed by atoms with E-state index in [2.05, 4.69) is 0 Å². The van der Waals surface area contributed by atoms with E-state index >= 15 is 0 Å². The van der Waals surface area contributed by atoms with E-state index in [4.69, 9.17) is 4.74 Å². The zero-order chi connectivity index (χ0) is 15.0. The molecule has 1 aliphatic rings. The van der Waals surface area contributed by atoms with Gasteiger partial charge in [0.2, 0.25) is 10.0 Å². The number of ether oxygens (including phenoxy) is 1. The van der Waals surface area contributed by atoms with E-state index in [1.54, 1.807) is 4.31 Å². The van der Waals surface area contributed by atoms with Crippen LogP contribution in [0.3, 0.4) is 0 Å². The third-order valence-electron chi connectivity index (χ3n) is 3.75. The lowest BCUT2D eigenvalue weighted by Gasteiger charge is -2.43. The van der Waals surface area contributed by atoms with E-state index < -0.39 is 15.6 Å². The van der Waals surface area contributed by atoms with Gasteiger partial charge in [-0.25, -0.2) is 8.42 Å². The van der Waals surface area contributed by atoms with Gasteiger partial charge < -0.3 is 4.74 Å². The molecule has 0 aromatic heterocycles. The minimum absolute atomic E-state index is 0.0514. The van der Waals surface area contributed by atoms with Gasteiger partial charge in [-0.05, 0) is 38.8 Å². The second-order valence-corrected chi connectivity index (χ2v) is 8.04. The molecular formula is C15H23NO3S. The molecule has 0 bridgehead atoms. The maximum Gasteiger partial charge on any atom is 0.218 e. The lowest BCUT2D eigenvalue weighted by molar-refractivity contribution is -0.0551. The van der Waals surface area contributed by atoms with Crippen LogP contribution in [0.15, 0.2) is 24.3 Å². The Hall–Kier alpha value is -0.910. The van der Waals surface area contributed by atoms with Gasteiger partial charge in [0.15, 0.2) is 0 Å². The molecule has 1 atom stereocenters. The summed E-state index contributed by atoms with van der Waals surface area (Å²) in [5.74, 6) is 0.0514. The minimum Gasteiger partial charge on any atom is -0.375 e. The first-order chi connectivity index (χ1) is 9.22. The van der Waals surface area contributed by atoms with E-state index in [1.165, 1.54) is 0 Å². The number of rotatable bonds is 3. The van der Waals surface area contributed by atoms with Gasteiger partial charge >= 0.3 is 0 Å². The second-order valence-electron chi connectivity index (χ2n) is 6.15. The number of morpholine rings is 1. The summed E-state index contributed by atoms with van der Waals surface area (Å²) >= 11 is 0. The summed E-state index contributed by atoms with van der Waals surface area (Å²) in [5.41, 5.74) is 1.38. The Balaban J connectivity index is 2.28. The van der Waals surface area contributed by atoms with Crippen molar-refractivity contribution in [3.8, 4) is 0 Å². The topological polar surface area (TPSA) is 46.6 Å². The van der Waals surface area contributed by atoms with Gasteiger partial charge in [0.05, 0.1) is 24.0 Å². The van der Waals surface area contributed by atoms with Crippen molar-refractivity contribution < 1.29 is 13.2 Å². The molecule has 4 nitrogen and oxygen atoms in total. The summed E-state index contributed by atoms with van der Waals surface area (Å²) in [5, 5.41) is 0. The van der Waals surface area contributed by atoms with E-state index in [-0.39, 0.29) is 11.9 Å². The summed E-state index contributed by atoms with van der Waals surface area (Å²) in [4.78, 5) is 0. The third kappa shape index (κ3) is 3.22. The van der Waals surface area contributed by atoms with Crippen LogP contribution in [0.1, 0.15) is 31.9 Å². The van der Waals surface area contributed by atoms with Crippen molar-refractivity contribution in [1.29, 1.82) is 0 Å². The molecule has 1 fully saturated rings. The summed E-state index contributed by atoms with van der Waals surface area (Å²) in [7, 11) is -3.35. The highest BCUT2D eigenvalue weighted by Gasteiger charge is 2.41. The molecule has 1 aromatic carbocycles. The Morgan fingerprint density at radius 3 is 2.65 bits per heavy atom. The molecule has 0 saturated carbocycles. The lowest BCUT2D eigenvalue weighted by Crippen LogP contribution is -2.57. The number of nitrogens with zero attached hydrogens (tertiary/aromatic N) is 1. The number of sulfonamides is 1. The monoisotopic (exact) mass is 297 g/mol. The highest BCUT2D eigenvalue weighted by molar-refractivity contribution is 7.88. The van der Waals surface area contributed by atoms with E-state index in [0.717, 1.165) is 11.1 Å². The molecule has 1 saturated heterocycles. The van der Waals surface area contributed by atoms with Crippen LogP contribution in [0.4, 0.5) is 0 Å². The van der Waals surface area contributed by atoms with Gasteiger partial charge in [0.25, 0.3) is 0 Å². The predicted octanol–water partition coefficient (Wildman–Crippen LogP) is 2.32. The van der Waals surface area contributed by atoms with Crippen molar-refractivity contribution in [2.45, 2.75) is 45.1 Å². The predicted molar refractivity (Wildman–Crippen MR) is 80.0 cm³/mol. The fourth-order valence-corrected chi connectivity index (χ4v) is 4.60. The van der Waals surface area contributed by atoms with Crippen molar-refractivity contribution in [2.75, 3.05) is 13.2 Å². The van der Waals surface area contributed by atoms with Crippen molar-refractivity contribution in [3.05, 3.63) is 35.4 Å². The highest BCUT2D eigenvalue weighted by Crippen LogP contribution is 2.27. The number of hydrogen-bond donors (Lipinski definition) is 0. The van der Waals surface area contributed by atoms with Crippen LogP contribution < -0.4 is 0 Å². The smallest absolute Gasteiger partial charge is 0.218 e. The first-order valence-electron chi connectivity index (χ1n) is 6.89. The summed E-state index contributed by atoms with van der Waals surface area (Å²) in [6, 6.07) is 7.62. The van der Waals surface area contributed by atoms with Crippen LogP contribution in [-0.2, 0) is 20.5 Å². The largest absolute Gasteiger partial charge is 0.375 e. The molecule has 0 amide bonds. The lowest BCUT2D eigenvalue weighted by atomic mass is 10.1. The average Bonchev–Trinajstić information content (AvgIpc) is 2.35. The number of aryl methyl sites for hydroxylation is 1. The standard InChI is InChI=1S/C15H23NO3S/c1-12-7-5-6-8-14(12)10-20(17,18)16-9-13(2)19-11-15(16,3)4/h5-8,13H,9-11H2,1-4H3. The maximum atomic E-state index is 12.7. The Kier molecular flexibility index (Phi) is 4.23. The van der Waals surface area contributed by atoms with Crippen LogP contribution in [-0.4, -0.2) is 37.5 Å². The molecule has 20 heavy (non-hydrogen) atoms.